The number of methoxy groups -OCH3 is 3. The number of amides is 1. The van der Waals surface area contributed by atoms with E-state index < -0.39 is 16.9 Å². The second-order valence-electron chi connectivity index (χ2n) is 7.58. The highest BCUT2D eigenvalue weighted by Gasteiger charge is 2.19. The summed E-state index contributed by atoms with van der Waals surface area (Å²) < 4.78 is 30.9. The molecule has 1 amide bonds. The molecule has 0 aliphatic carbocycles. The first-order valence-electron chi connectivity index (χ1n) is 10.5. The monoisotopic (exact) mass is 479 g/mol. The lowest BCUT2D eigenvalue weighted by atomic mass is 10.1. The number of aromatic nitrogens is 2. The fraction of sp³-hybridized carbons (Fsp3) is 0.160. The standard InChI is InChI=1S/C25H22FN3O6/c1-33-19-10-16(11-20(34-2)24(19)35-3)27-25(32)17-13-29(12-14-4-6-15(26)7-5-14)18-8-9-21(30)28-22(18)23(17)31/h4-11,13H,12H2,1-3H3,(H,27,32)(H,28,30). The third-order valence-corrected chi connectivity index (χ3v) is 5.40. The molecular weight excluding hydrogens is 457 g/mol. The summed E-state index contributed by atoms with van der Waals surface area (Å²) in [5.41, 5.74) is 0.118. The van der Waals surface area contributed by atoms with Gasteiger partial charge in [-0.1, -0.05) is 12.1 Å². The molecule has 180 valence electrons. The lowest BCUT2D eigenvalue weighted by molar-refractivity contribution is 0.102. The third kappa shape index (κ3) is 4.72. The molecule has 0 fully saturated rings. The van der Waals surface area contributed by atoms with E-state index in [-0.39, 0.29) is 23.4 Å². The van der Waals surface area contributed by atoms with Crippen molar-refractivity contribution in [2.75, 3.05) is 26.6 Å². The van der Waals surface area contributed by atoms with E-state index in [1.54, 1.807) is 16.7 Å². The van der Waals surface area contributed by atoms with Crippen LogP contribution in [0.1, 0.15) is 15.9 Å². The van der Waals surface area contributed by atoms with Crippen LogP contribution in [0.2, 0.25) is 0 Å². The first-order valence-corrected chi connectivity index (χ1v) is 10.5. The Bertz CT molecular complexity index is 1500. The number of nitrogens with one attached hydrogen (secondary N) is 2. The Hall–Kier alpha value is -4.60. The predicted octanol–water partition coefficient (Wildman–Crippen LogP) is 3.16. The third-order valence-electron chi connectivity index (χ3n) is 5.40. The molecule has 0 radical (unpaired) electrons. The van der Waals surface area contributed by atoms with Gasteiger partial charge in [0.25, 0.3) is 5.91 Å². The number of pyridine rings is 2. The van der Waals surface area contributed by atoms with E-state index in [1.165, 1.54) is 63.9 Å². The number of halogens is 1. The molecule has 2 aromatic heterocycles. The highest BCUT2D eigenvalue weighted by Crippen LogP contribution is 2.40. The van der Waals surface area contributed by atoms with Gasteiger partial charge in [0.1, 0.15) is 16.9 Å². The van der Waals surface area contributed by atoms with Crippen molar-refractivity contribution in [1.29, 1.82) is 0 Å². The maximum atomic E-state index is 13.3. The fourth-order valence-corrected chi connectivity index (χ4v) is 3.73. The molecule has 35 heavy (non-hydrogen) atoms. The number of carbonyl (C=O) groups is 1. The Morgan fingerprint density at radius 2 is 1.63 bits per heavy atom. The molecule has 2 N–H and O–H groups in total. The highest BCUT2D eigenvalue weighted by molar-refractivity contribution is 6.05. The van der Waals surface area contributed by atoms with E-state index in [2.05, 4.69) is 10.3 Å². The number of rotatable bonds is 7. The van der Waals surface area contributed by atoms with Gasteiger partial charge in [0.15, 0.2) is 11.5 Å². The van der Waals surface area contributed by atoms with Gasteiger partial charge in [-0.25, -0.2) is 4.39 Å². The van der Waals surface area contributed by atoms with Crippen LogP contribution < -0.4 is 30.5 Å². The minimum atomic E-state index is -0.705. The molecule has 0 spiro atoms. The molecule has 0 saturated heterocycles. The SMILES string of the molecule is COc1cc(NC(=O)c2cn(Cc3ccc(F)cc3)c3ccc(=O)[nH]c3c2=O)cc(OC)c1OC. The Morgan fingerprint density at radius 1 is 0.971 bits per heavy atom. The second-order valence-corrected chi connectivity index (χ2v) is 7.58. The van der Waals surface area contributed by atoms with E-state index in [0.29, 0.717) is 28.5 Å². The zero-order valence-electron chi connectivity index (χ0n) is 19.2. The van der Waals surface area contributed by atoms with Crippen molar-refractivity contribution >= 4 is 22.6 Å². The molecule has 0 bridgehead atoms. The minimum absolute atomic E-state index is 0.0165. The van der Waals surface area contributed by atoms with Gasteiger partial charge >= 0.3 is 0 Å². The van der Waals surface area contributed by atoms with Crippen molar-refractivity contribution in [2.24, 2.45) is 0 Å². The Kier molecular flexibility index (Phi) is 6.54. The Morgan fingerprint density at radius 3 is 2.23 bits per heavy atom. The van der Waals surface area contributed by atoms with Crippen molar-refractivity contribution < 1.29 is 23.4 Å². The number of aromatic amines is 1. The molecule has 0 unspecified atom stereocenters. The van der Waals surface area contributed by atoms with Crippen molar-refractivity contribution in [2.45, 2.75) is 6.54 Å². The van der Waals surface area contributed by atoms with Crippen LogP contribution in [0.5, 0.6) is 17.2 Å². The molecule has 2 aromatic carbocycles. The molecule has 9 nitrogen and oxygen atoms in total. The number of hydrogen-bond donors (Lipinski definition) is 2. The van der Waals surface area contributed by atoms with Crippen molar-refractivity contribution in [3.8, 4) is 17.2 Å². The minimum Gasteiger partial charge on any atom is -0.493 e. The molecule has 2 heterocycles. The van der Waals surface area contributed by atoms with E-state index in [4.69, 9.17) is 14.2 Å². The van der Waals surface area contributed by atoms with Gasteiger partial charge < -0.3 is 29.1 Å². The van der Waals surface area contributed by atoms with Crippen LogP contribution in [0.15, 0.2) is 64.3 Å². The summed E-state index contributed by atoms with van der Waals surface area (Å²) in [4.78, 5) is 40.8. The molecule has 10 heteroatoms. The van der Waals surface area contributed by atoms with Gasteiger partial charge in [-0.05, 0) is 23.8 Å². The first kappa shape index (κ1) is 23.6. The number of anilines is 1. The number of fused-ring (bicyclic) bond motifs is 1. The molecule has 4 aromatic rings. The summed E-state index contributed by atoms with van der Waals surface area (Å²) in [7, 11) is 4.34. The first-order chi connectivity index (χ1) is 16.8. The molecule has 4 rings (SSSR count). The van der Waals surface area contributed by atoms with Gasteiger partial charge in [-0.2, -0.15) is 0 Å². The smallest absolute Gasteiger partial charge is 0.261 e. The van der Waals surface area contributed by atoms with Gasteiger partial charge in [-0.15, -0.1) is 0 Å². The number of ether oxygens (including phenoxy) is 3. The quantitative estimate of drug-likeness (QED) is 0.421. The van der Waals surface area contributed by atoms with Crippen LogP contribution in [-0.4, -0.2) is 36.8 Å². The topological polar surface area (TPSA) is 112 Å². The van der Waals surface area contributed by atoms with E-state index in [1.807, 2.05) is 0 Å². The number of nitrogens with zero attached hydrogens (tertiary/aromatic N) is 1. The molecule has 0 aliphatic heterocycles. The lowest BCUT2D eigenvalue weighted by Crippen LogP contribution is -2.26. The van der Waals surface area contributed by atoms with Crippen LogP contribution in [0.25, 0.3) is 11.0 Å². The van der Waals surface area contributed by atoms with E-state index in [0.717, 1.165) is 5.56 Å². The van der Waals surface area contributed by atoms with E-state index in [9.17, 15) is 18.8 Å². The van der Waals surface area contributed by atoms with Crippen LogP contribution in [0, 0.1) is 5.82 Å². The number of H-pyrrole nitrogens is 1. The summed E-state index contributed by atoms with van der Waals surface area (Å²) in [6.07, 6.45) is 1.40. The molecule has 0 saturated carbocycles. The summed E-state index contributed by atoms with van der Waals surface area (Å²) in [5, 5.41) is 2.67. The Labute approximate surface area is 198 Å². The second kappa shape index (κ2) is 9.72. The zero-order valence-corrected chi connectivity index (χ0v) is 19.2. The maximum absolute atomic E-state index is 13.3. The summed E-state index contributed by atoms with van der Waals surface area (Å²) >= 11 is 0. The number of benzene rings is 2. The number of hydrogen-bond acceptors (Lipinski definition) is 6. The van der Waals surface area contributed by atoms with Crippen LogP contribution in [0.3, 0.4) is 0 Å². The molecule has 0 atom stereocenters. The van der Waals surface area contributed by atoms with Gasteiger partial charge in [0.05, 0.1) is 26.8 Å². The van der Waals surface area contributed by atoms with Crippen molar-refractivity contribution in [3.63, 3.8) is 0 Å². The highest BCUT2D eigenvalue weighted by atomic mass is 19.1. The van der Waals surface area contributed by atoms with Crippen molar-refractivity contribution in [3.05, 3.63) is 92.2 Å². The predicted molar refractivity (Wildman–Crippen MR) is 128 cm³/mol. The Balaban J connectivity index is 1.79. The average molecular weight is 479 g/mol. The van der Waals surface area contributed by atoms with Gasteiger partial charge in [0, 0.05) is 36.6 Å². The van der Waals surface area contributed by atoms with Crippen LogP contribution >= 0.6 is 0 Å². The lowest BCUT2D eigenvalue weighted by Gasteiger charge is -2.16. The summed E-state index contributed by atoms with van der Waals surface area (Å²) in [6, 6.07) is 11.7. The van der Waals surface area contributed by atoms with Gasteiger partial charge in [-0.3, -0.25) is 14.4 Å². The summed E-state index contributed by atoms with van der Waals surface area (Å²) in [6.45, 7) is 0.230. The number of carbonyl (C=O) groups excluding carboxylic acids is 1. The average Bonchev–Trinajstić information content (AvgIpc) is 2.86. The maximum Gasteiger partial charge on any atom is 0.261 e. The van der Waals surface area contributed by atoms with E-state index >= 15 is 0 Å². The van der Waals surface area contributed by atoms with Crippen molar-refractivity contribution in [1.82, 2.24) is 9.55 Å². The normalized spacial score (nSPS) is 10.7. The van der Waals surface area contributed by atoms with Gasteiger partial charge in [0.2, 0.25) is 16.7 Å². The summed E-state index contributed by atoms with van der Waals surface area (Å²) in [5.74, 6) is -0.104. The fourth-order valence-electron chi connectivity index (χ4n) is 3.73. The molecule has 0 aliphatic rings. The zero-order chi connectivity index (χ0) is 25.1. The largest absolute Gasteiger partial charge is 0.493 e. The van der Waals surface area contributed by atoms with Crippen LogP contribution in [-0.2, 0) is 6.54 Å². The molecular formula is C25H22FN3O6. The van der Waals surface area contributed by atoms with Crippen LogP contribution in [0.4, 0.5) is 10.1 Å².